The van der Waals surface area contributed by atoms with Crippen LogP contribution in [0.15, 0.2) is 46.9 Å². The van der Waals surface area contributed by atoms with Gasteiger partial charge in [0.05, 0.1) is 5.69 Å². The van der Waals surface area contributed by atoms with Gasteiger partial charge in [-0.05, 0) is 35.9 Å². The molecule has 0 bridgehead atoms. The quantitative estimate of drug-likeness (QED) is 0.763. The van der Waals surface area contributed by atoms with Crippen LogP contribution in [0.4, 0.5) is 23.2 Å². The third-order valence-electron chi connectivity index (χ3n) is 2.54. The second-order valence-corrected chi connectivity index (χ2v) is 5.09. The van der Waals surface area contributed by atoms with E-state index in [0.717, 1.165) is 0 Å². The lowest BCUT2D eigenvalue weighted by atomic mass is 10.2. The number of alkyl halides is 3. The molecule has 7 heteroatoms. The molecule has 0 unspecified atom stereocenters. The molecule has 0 amide bonds. The Morgan fingerprint density at radius 2 is 1.86 bits per heavy atom. The van der Waals surface area contributed by atoms with Crippen LogP contribution >= 0.6 is 15.9 Å². The molecule has 112 valence electrons. The molecule has 2 aromatic rings. The molecule has 21 heavy (non-hydrogen) atoms. The standard InChI is InChI=1S/C14H10BrF4NO/c15-10-4-5-12(13(7-10)21-14(17,18)19)20-8-9-2-1-3-11(16)6-9/h1-7,20H,8H2. The van der Waals surface area contributed by atoms with Crippen molar-refractivity contribution >= 4 is 21.6 Å². The zero-order valence-electron chi connectivity index (χ0n) is 10.5. The fourth-order valence-electron chi connectivity index (χ4n) is 1.70. The maximum Gasteiger partial charge on any atom is 0.573 e. The Kier molecular flexibility index (Phi) is 4.72. The summed E-state index contributed by atoms with van der Waals surface area (Å²) in [4.78, 5) is 0. The molecule has 0 saturated heterocycles. The van der Waals surface area contributed by atoms with Crippen molar-refractivity contribution in [3.63, 3.8) is 0 Å². The molecule has 2 rings (SSSR count). The van der Waals surface area contributed by atoms with Gasteiger partial charge in [0.25, 0.3) is 0 Å². The number of hydrogen-bond donors (Lipinski definition) is 1. The molecule has 0 aromatic heterocycles. The van der Waals surface area contributed by atoms with E-state index in [0.29, 0.717) is 10.0 Å². The van der Waals surface area contributed by atoms with Gasteiger partial charge in [0.2, 0.25) is 0 Å². The number of benzene rings is 2. The summed E-state index contributed by atoms with van der Waals surface area (Å²) >= 11 is 3.08. The Labute approximate surface area is 126 Å². The summed E-state index contributed by atoms with van der Waals surface area (Å²) in [6.07, 6.45) is -4.78. The number of ether oxygens (including phenoxy) is 1. The SMILES string of the molecule is Fc1cccc(CNc2ccc(Br)cc2OC(F)(F)F)c1. The highest BCUT2D eigenvalue weighted by molar-refractivity contribution is 9.10. The minimum Gasteiger partial charge on any atom is -0.404 e. The van der Waals surface area contributed by atoms with Gasteiger partial charge in [0, 0.05) is 11.0 Å². The average molecular weight is 364 g/mol. The second kappa shape index (κ2) is 6.34. The normalized spacial score (nSPS) is 11.3. The predicted octanol–water partition coefficient (Wildman–Crippen LogP) is 5.10. The van der Waals surface area contributed by atoms with Gasteiger partial charge in [0.15, 0.2) is 5.75 Å². The van der Waals surface area contributed by atoms with E-state index in [1.807, 2.05) is 0 Å². The van der Waals surface area contributed by atoms with E-state index in [1.165, 1.54) is 30.3 Å². The molecule has 0 heterocycles. The molecule has 0 aliphatic carbocycles. The maximum absolute atomic E-state index is 13.0. The number of rotatable bonds is 4. The molecular formula is C14H10BrF4NO. The topological polar surface area (TPSA) is 21.3 Å². The molecule has 0 fully saturated rings. The maximum atomic E-state index is 13.0. The fraction of sp³-hybridized carbons (Fsp3) is 0.143. The van der Waals surface area contributed by atoms with Gasteiger partial charge in [0.1, 0.15) is 5.82 Å². The first kappa shape index (κ1) is 15.6. The van der Waals surface area contributed by atoms with E-state index in [4.69, 9.17) is 0 Å². The fourth-order valence-corrected chi connectivity index (χ4v) is 2.04. The molecule has 1 N–H and O–H groups in total. The van der Waals surface area contributed by atoms with Crippen molar-refractivity contribution in [1.29, 1.82) is 0 Å². The summed E-state index contributed by atoms with van der Waals surface area (Å²) in [5.74, 6) is -0.759. The lowest BCUT2D eigenvalue weighted by molar-refractivity contribution is -0.274. The Bertz CT molecular complexity index is 631. The molecule has 0 radical (unpaired) electrons. The van der Waals surface area contributed by atoms with Crippen molar-refractivity contribution in [1.82, 2.24) is 0 Å². The Morgan fingerprint density at radius 1 is 1.10 bits per heavy atom. The van der Waals surface area contributed by atoms with Gasteiger partial charge in [-0.2, -0.15) is 0 Å². The van der Waals surface area contributed by atoms with Crippen molar-refractivity contribution < 1.29 is 22.3 Å². The average Bonchev–Trinajstić information content (AvgIpc) is 2.36. The molecule has 2 nitrogen and oxygen atoms in total. The highest BCUT2D eigenvalue weighted by Crippen LogP contribution is 2.33. The molecule has 0 aliphatic heterocycles. The summed E-state index contributed by atoms with van der Waals surface area (Å²) in [5, 5.41) is 2.79. The van der Waals surface area contributed by atoms with Gasteiger partial charge in [-0.3, -0.25) is 0 Å². The summed E-state index contributed by atoms with van der Waals surface area (Å²) in [7, 11) is 0. The zero-order valence-corrected chi connectivity index (χ0v) is 12.1. The van der Waals surface area contributed by atoms with Crippen molar-refractivity contribution in [3.8, 4) is 5.75 Å². The van der Waals surface area contributed by atoms with Crippen LogP contribution < -0.4 is 10.1 Å². The molecule has 0 spiro atoms. The Morgan fingerprint density at radius 3 is 2.52 bits per heavy atom. The summed E-state index contributed by atoms with van der Waals surface area (Å²) in [6.45, 7) is 0.174. The largest absolute Gasteiger partial charge is 0.573 e. The van der Waals surface area contributed by atoms with E-state index in [-0.39, 0.29) is 18.0 Å². The predicted molar refractivity (Wildman–Crippen MR) is 74.6 cm³/mol. The summed E-state index contributed by atoms with van der Waals surface area (Å²) < 4.78 is 54.5. The lowest BCUT2D eigenvalue weighted by Gasteiger charge is -2.15. The molecule has 0 atom stereocenters. The number of nitrogens with one attached hydrogen (secondary N) is 1. The van der Waals surface area contributed by atoms with Crippen LogP contribution in [0.5, 0.6) is 5.75 Å². The second-order valence-electron chi connectivity index (χ2n) is 4.17. The Balaban J connectivity index is 2.15. The summed E-state index contributed by atoms with van der Waals surface area (Å²) in [5.41, 5.74) is 0.774. The van der Waals surface area contributed by atoms with Crippen molar-refractivity contribution in [2.75, 3.05) is 5.32 Å². The van der Waals surface area contributed by atoms with E-state index in [9.17, 15) is 17.6 Å². The van der Waals surface area contributed by atoms with Gasteiger partial charge >= 0.3 is 6.36 Å². The minimum absolute atomic E-state index is 0.166. The smallest absolute Gasteiger partial charge is 0.404 e. The first-order chi connectivity index (χ1) is 9.83. The zero-order chi connectivity index (χ0) is 15.5. The number of halogens is 5. The first-order valence-corrected chi connectivity index (χ1v) is 6.66. The van der Waals surface area contributed by atoms with Crippen LogP contribution in [0.25, 0.3) is 0 Å². The van der Waals surface area contributed by atoms with Gasteiger partial charge in [-0.15, -0.1) is 13.2 Å². The van der Waals surface area contributed by atoms with E-state index < -0.39 is 12.2 Å². The van der Waals surface area contributed by atoms with Crippen LogP contribution in [0.2, 0.25) is 0 Å². The third-order valence-corrected chi connectivity index (χ3v) is 3.03. The number of anilines is 1. The molecule has 2 aromatic carbocycles. The molecule has 0 saturated carbocycles. The van der Waals surface area contributed by atoms with Crippen LogP contribution in [-0.2, 0) is 6.54 Å². The van der Waals surface area contributed by atoms with Crippen LogP contribution in [0, 0.1) is 5.82 Å². The first-order valence-electron chi connectivity index (χ1n) is 5.87. The monoisotopic (exact) mass is 363 g/mol. The van der Waals surface area contributed by atoms with Crippen LogP contribution in [-0.4, -0.2) is 6.36 Å². The van der Waals surface area contributed by atoms with Gasteiger partial charge in [-0.1, -0.05) is 28.1 Å². The third kappa shape index (κ3) is 4.93. The van der Waals surface area contributed by atoms with Gasteiger partial charge < -0.3 is 10.1 Å². The highest BCUT2D eigenvalue weighted by atomic mass is 79.9. The van der Waals surface area contributed by atoms with E-state index in [1.54, 1.807) is 12.1 Å². The lowest BCUT2D eigenvalue weighted by Crippen LogP contribution is -2.18. The van der Waals surface area contributed by atoms with Crippen LogP contribution in [0.3, 0.4) is 0 Å². The molecular weight excluding hydrogens is 354 g/mol. The van der Waals surface area contributed by atoms with E-state index in [2.05, 4.69) is 26.0 Å². The Hall–Kier alpha value is -1.76. The molecule has 0 aliphatic rings. The number of hydrogen-bond acceptors (Lipinski definition) is 2. The minimum atomic E-state index is -4.78. The van der Waals surface area contributed by atoms with Crippen LogP contribution in [0.1, 0.15) is 5.56 Å². The van der Waals surface area contributed by atoms with Gasteiger partial charge in [-0.25, -0.2) is 4.39 Å². The van der Waals surface area contributed by atoms with Crippen molar-refractivity contribution in [2.45, 2.75) is 12.9 Å². The van der Waals surface area contributed by atoms with Crippen molar-refractivity contribution in [3.05, 3.63) is 58.3 Å². The van der Waals surface area contributed by atoms with E-state index >= 15 is 0 Å². The highest BCUT2D eigenvalue weighted by Gasteiger charge is 2.32. The van der Waals surface area contributed by atoms with Crippen molar-refractivity contribution in [2.24, 2.45) is 0 Å². The summed E-state index contributed by atoms with van der Waals surface area (Å²) in [6, 6.07) is 10.0.